The highest BCUT2D eigenvalue weighted by molar-refractivity contribution is 6.31. The summed E-state index contributed by atoms with van der Waals surface area (Å²) in [7, 11) is 0. The van der Waals surface area contributed by atoms with Gasteiger partial charge in [-0.3, -0.25) is 13.9 Å². The van der Waals surface area contributed by atoms with Crippen molar-refractivity contribution in [3.8, 4) is 0 Å². The van der Waals surface area contributed by atoms with Crippen LogP contribution in [-0.4, -0.2) is 32.5 Å². The first-order valence-electron chi connectivity index (χ1n) is 10.3. The average molecular weight is 412 g/mol. The Hall–Kier alpha value is -2.53. The number of likely N-dealkylation sites (tertiary alicyclic amines) is 1. The van der Waals surface area contributed by atoms with Crippen LogP contribution < -0.4 is 5.69 Å². The van der Waals surface area contributed by atoms with Gasteiger partial charge in [-0.1, -0.05) is 41.9 Å². The first kappa shape index (κ1) is 19.8. The predicted octanol–water partition coefficient (Wildman–Crippen LogP) is 4.10. The van der Waals surface area contributed by atoms with Crippen molar-refractivity contribution in [2.24, 2.45) is 0 Å². The molecule has 2 heterocycles. The third kappa shape index (κ3) is 3.84. The summed E-state index contributed by atoms with van der Waals surface area (Å²) in [5.74, 6) is 0.111. The van der Waals surface area contributed by atoms with Gasteiger partial charge in [0.25, 0.3) is 0 Å². The van der Waals surface area contributed by atoms with Crippen molar-refractivity contribution in [2.45, 2.75) is 51.7 Å². The molecule has 1 aromatic heterocycles. The molecule has 4 rings (SSSR count). The number of rotatable bonds is 6. The number of aromatic nitrogens is 2. The van der Waals surface area contributed by atoms with Crippen LogP contribution in [0.25, 0.3) is 11.0 Å². The molecule has 6 heteroatoms. The number of carbonyl (C=O) groups is 1. The van der Waals surface area contributed by atoms with Crippen LogP contribution in [-0.2, 0) is 24.3 Å². The van der Waals surface area contributed by atoms with E-state index in [1.54, 1.807) is 9.13 Å². The van der Waals surface area contributed by atoms with E-state index in [4.69, 9.17) is 11.6 Å². The molecule has 0 aliphatic carbocycles. The number of hydrogen-bond donors (Lipinski definition) is 0. The lowest BCUT2D eigenvalue weighted by atomic mass is 10.0. The molecule has 1 fully saturated rings. The highest BCUT2D eigenvalue weighted by atomic mass is 35.5. The van der Waals surface area contributed by atoms with E-state index in [1.807, 2.05) is 60.4 Å². The molecule has 0 radical (unpaired) electrons. The molecule has 1 unspecified atom stereocenters. The Bertz CT molecular complexity index is 1090. The smallest absolute Gasteiger partial charge is 0.329 e. The maximum absolute atomic E-state index is 13.0. The molecule has 1 saturated heterocycles. The minimum atomic E-state index is -0.0458. The summed E-state index contributed by atoms with van der Waals surface area (Å²) in [4.78, 5) is 27.8. The minimum absolute atomic E-state index is 0.0458. The quantitative estimate of drug-likeness (QED) is 0.613. The van der Waals surface area contributed by atoms with Crippen molar-refractivity contribution in [3.63, 3.8) is 0 Å². The summed E-state index contributed by atoms with van der Waals surface area (Å²) < 4.78 is 3.49. The maximum Gasteiger partial charge on any atom is 0.329 e. The molecule has 29 heavy (non-hydrogen) atoms. The summed E-state index contributed by atoms with van der Waals surface area (Å²) in [6, 6.07) is 15.8. The minimum Gasteiger partial charge on any atom is -0.339 e. The number of hydrogen-bond acceptors (Lipinski definition) is 2. The van der Waals surface area contributed by atoms with Crippen LogP contribution in [0.5, 0.6) is 0 Å². The molecule has 0 saturated carbocycles. The number of halogens is 1. The van der Waals surface area contributed by atoms with Gasteiger partial charge in [-0.15, -0.1) is 0 Å². The van der Waals surface area contributed by atoms with Crippen LogP contribution in [0.15, 0.2) is 53.3 Å². The molecule has 0 spiro atoms. The van der Waals surface area contributed by atoms with Crippen LogP contribution in [0.1, 0.15) is 31.7 Å². The zero-order valence-electron chi connectivity index (χ0n) is 16.7. The van der Waals surface area contributed by atoms with E-state index in [2.05, 4.69) is 0 Å². The largest absolute Gasteiger partial charge is 0.339 e. The number of nitrogens with zero attached hydrogens (tertiary/aromatic N) is 3. The second-order valence-corrected chi connectivity index (χ2v) is 8.00. The number of fused-ring (bicyclic) bond motifs is 1. The first-order valence-corrected chi connectivity index (χ1v) is 10.7. The summed E-state index contributed by atoms with van der Waals surface area (Å²) in [5, 5.41) is 0.755. The van der Waals surface area contributed by atoms with Gasteiger partial charge in [0.05, 0.1) is 11.0 Å². The van der Waals surface area contributed by atoms with E-state index in [0.717, 1.165) is 47.4 Å². The van der Waals surface area contributed by atoms with Gasteiger partial charge in [-0.05, 0) is 49.9 Å². The number of benzene rings is 2. The Kier molecular flexibility index (Phi) is 5.76. The fourth-order valence-electron chi connectivity index (χ4n) is 4.44. The van der Waals surface area contributed by atoms with Crippen LogP contribution in [0.4, 0.5) is 0 Å². The molecule has 1 aliphatic rings. The Balaban J connectivity index is 1.49. The van der Waals surface area contributed by atoms with Gasteiger partial charge in [0.1, 0.15) is 0 Å². The highest BCUT2D eigenvalue weighted by Crippen LogP contribution is 2.25. The molecule has 2 aromatic carbocycles. The fraction of sp³-hybridized carbons (Fsp3) is 0.391. The van der Waals surface area contributed by atoms with Gasteiger partial charge >= 0.3 is 5.69 Å². The van der Waals surface area contributed by atoms with E-state index < -0.39 is 0 Å². The fourth-order valence-corrected chi connectivity index (χ4v) is 4.65. The third-order valence-electron chi connectivity index (χ3n) is 5.90. The molecule has 1 aliphatic heterocycles. The highest BCUT2D eigenvalue weighted by Gasteiger charge is 2.29. The molecule has 152 valence electrons. The van der Waals surface area contributed by atoms with E-state index in [1.165, 1.54) is 0 Å². The number of amides is 1. The van der Waals surface area contributed by atoms with Crippen molar-refractivity contribution < 1.29 is 4.79 Å². The lowest BCUT2D eigenvalue weighted by Crippen LogP contribution is -2.37. The van der Waals surface area contributed by atoms with E-state index in [-0.39, 0.29) is 17.6 Å². The van der Waals surface area contributed by atoms with Crippen LogP contribution >= 0.6 is 11.6 Å². The normalized spacial score (nSPS) is 16.6. The maximum atomic E-state index is 13.0. The predicted molar refractivity (Wildman–Crippen MR) is 116 cm³/mol. The zero-order valence-corrected chi connectivity index (χ0v) is 17.4. The molecule has 0 N–H and O–H groups in total. The molecule has 3 aromatic rings. The molecule has 5 nitrogen and oxygen atoms in total. The Labute approximate surface area is 175 Å². The topological polar surface area (TPSA) is 47.2 Å². The number of para-hydroxylation sites is 2. The van der Waals surface area contributed by atoms with E-state index in [9.17, 15) is 9.59 Å². The standard InChI is InChI=1S/C23H26ClN3O2/c1-2-25-20-11-5-6-12-21(20)27(23(25)29)15-13-22(28)26-14-7-9-18(26)16-17-8-3-4-10-19(17)24/h3-6,8,10-12,18H,2,7,9,13-16H2,1H3. The zero-order chi connectivity index (χ0) is 20.4. The molecule has 1 atom stereocenters. The lowest BCUT2D eigenvalue weighted by Gasteiger charge is -2.25. The van der Waals surface area contributed by atoms with Gasteiger partial charge in [-0.2, -0.15) is 0 Å². The molecular formula is C23H26ClN3O2. The summed E-state index contributed by atoms with van der Waals surface area (Å²) in [6.45, 7) is 3.76. The van der Waals surface area contributed by atoms with Crippen molar-refractivity contribution in [1.82, 2.24) is 14.0 Å². The molecule has 1 amide bonds. The second kappa shape index (κ2) is 8.46. The average Bonchev–Trinajstić information content (AvgIpc) is 3.29. The monoisotopic (exact) mass is 411 g/mol. The number of carbonyl (C=O) groups excluding carboxylic acids is 1. The van der Waals surface area contributed by atoms with Gasteiger partial charge in [-0.25, -0.2) is 4.79 Å². The van der Waals surface area contributed by atoms with E-state index in [0.29, 0.717) is 19.5 Å². The van der Waals surface area contributed by atoms with Gasteiger partial charge in [0.2, 0.25) is 5.91 Å². The van der Waals surface area contributed by atoms with Crippen molar-refractivity contribution in [3.05, 3.63) is 69.6 Å². The van der Waals surface area contributed by atoms with Crippen LogP contribution in [0.2, 0.25) is 5.02 Å². The summed E-state index contributed by atoms with van der Waals surface area (Å²) >= 11 is 6.32. The van der Waals surface area contributed by atoms with Crippen molar-refractivity contribution in [1.29, 1.82) is 0 Å². The molecule has 0 bridgehead atoms. The van der Waals surface area contributed by atoms with Gasteiger partial charge < -0.3 is 4.90 Å². The van der Waals surface area contributed by atoms with E-state index >= 15 is 0 Å². The second-order valence-electron chi connectivity index (χ2n) is 7.60. The van der Waals surface area contributed by atoms with Gasteiger partial charge in [0.15, 0.2) is 0 Å². The summed E-state index contributed by atoms with van der Waals surface area (Å²) in [5.41, 5.74) is 2.85. The summed E-state index contributed by atoms with van der Waals surface area (Å²) in [6.07, 6.45) is 3.11. The van der Waals surface area contributed by atoms with Crippen LogP contribution in [0, 0.1) is 0 Å². The van der Waals surface area contributed by atoms with Gasteiger partial charge in [0, 0.05) is 37.1 Å². The lowest BCUT2D eigenvalue weighted by molar-refractivity contribution is -0.132. The number of aryl methyl sites for hydroxylation is 2. The first-order chi connectivity index (χ1) is 14.1. The van der Waals surface area contributed by atoms with Crippen molar-refractivity contribution >= 4 is 28.5 Å². The van der Waals surface area contributed by atoms with Crippen LogP contribution in [0.3, 0.4) is 0 Å². The number of imidazole rings is 1. The Morgan fingerprint density at radius 3 is 2.48 bits per heavy atom. The SMILES string of the molecule is CCn1c(=O)n(CCC(=O)N2CCCC2Cc2ccccc2Cl)c2ccccc21. The Morgan fingerprint density at radius 2 is 1.76 bits per heavy atom. The molecular weight excluding hydrogens is 386 g/mol. The Morgan fingerprint density at radius 1 is 1.07 bits per heavy atom. The van der Waals surface area contributed by atoms with Crippen molar-refractivity contribution in [2.75, 3.05) is 6.54 Å². The third-order valence-corrected chi connectivity index (χ3v) is 6.27.